The molecule has 0 bridgehead atoms. The van der Waals surface area contributed by atoms with Crippen molar-refractivity contribution >= 4 is 22.1 Å². The molecule has 0 atom stereocenters. The van der Waals surface area contributed by atoms with Crippen molar-refractivity contribution in [2.75, 3.05) is 7.11 Å². The van der Waals surface area contributed by atoms with Gasteiger partial charge >= 0.3 is 0 Å². The number of aryl methyl sites for hydroxylation is 2. The molecule has 5 aromatic rings. The van der Waals surface area contributed by atoms with Crippen LogP contribution in [-0.2, 0) is 12.8 Å². The number of fused-ring (bicyclic) bond motifs is 2. The summed E-state index contributed by atoms with van der Waals surface area (Å²) in [6.45, 7) is 4.28. The first-order chi connectivity index (χ1) is 15.6. The van der Waals surface area contributed by atoms with Crippen LogP contribution in [-0.4, -0.2) is 36.6 Å². The average Bonchev–Trinajstić information content (AvgIpc) is 3.43. The molecule has 0 fully saturated rings. The van der Waals surface area contributed by atoms with E-state index < -0.39 is 0 Å². The average molecular weight is 427 g/mol. The summed E-state index contributed by atoms with van der Waals surface area (Å²) in [5.41, 5.74) is 6.05. The first-order valence-electron chi connectivity index (χ1n) is 10.9. The third-order valence-corrected chi connectivity index (χ3v) is 5.80. The monoisotopic (exact) mass is 426 g/mol. The lowest BCUT2D eigenvalue weighted by Gasteiger charge is -2.10. The maximum atomic E-state index is 5.33. The molecule has 7 nitrogen and oxygen atoms in total. The van der Waals surface area contributed by atoms with Crippen LogP contribution in [0, 0.1) is 0 Å². The van der Waals surface area contributed by atoms with Crippen LogP contribution in [0.2, 0.25) is 0 Å². The second-order valence-electron chi connectivity index (χ2n) is 8.23. The number of rotatable bonds is 7. The number of nitrogens with zero attached hydrogens (tertiary/aromatic N) is 5. The summed E-state index contributed by atoms with van der Waals surface area (Å²) in [5.74, 6) is 1.56. The number of H-pyrrole nitrogens is 1. The van der Waals surface area contributed by atoms with Crippen LogP contribution in [0.25, 0.3) is 33.5 Å². The molecule has 0 aliphatic heterocycles. The predicted molar refractivity (Wildman–Crippen MR) is 126 cm³/mol. The minimum Gasteiger partial charge on any atom is -0.497 e. The molecular formula is C25H26N6O. The van der Waals surface area contributed by atoms with Crippen LogP contribution in [0.1, 0.15) is 37.6 Å². The van der Waals surface area contributed by atoms with Crippen molar-refractivity contribution in [3.05, 3.63) is 66.5 Å². The van der Waals surface area contributed by atoms with Gasteiger partial charge in [0.1, 0.15) is 11.3 Å². The highest BCUT2D eigenvalue weighted by Gasteiger charge is 2.16. The molecule has 5 rings (SSSR count). The van der Waals surface area contributed by atoms with Gasteiger partial charge in [-0.1, -0.05) is 0 Å². The third-order valence-electron chi connectivity index (χ3n) is 5.80. The van der Waals surface area contributed by atoms with E-state index in [4.69, 9.17) is 14.7 Å². The summed E-state index contributed by atoms with van der Waals surface area (Å²) in [6.07, 6.45) is 10.3. The van der Waals surface area contributed by atoms with E-state index in [1.54, 1.807) is 19.5 Å². The number of aromatic amines is 1. The van der Waals surface area contributed by atoms with Crippen molar-refractivity contribution in [1.82, 2.24) is 29.5 Å². The molecule has 0 spiro atoms. The molecule has 0 radical (unpaired) electrons. The summed E-state index contributed by atoms with van der Waals surface area (Å²) in [7, 11) is 1.69. The van der Waals surface area contributed by atoms with Crippen LogP contribution in [0.5, 0.6) is 5.75 Å². The van der Waals surface area contributed by atoms with Crippen LogP contribution in [0.4, 0.5) is 0 Å². The van der Waals surface area contributed by atoms with Gasteiger partial charge in [-0.25, -0.2) is 15.0 Å². The molecule has 0 saturated heterocycles. The lowest BCUT2D eigenvalue weighted by Crippen LogP contribution is -2.04. The molecular weight excluding hydrogens is 400 g/mol. The Morgan fingerprint density at radius 1 is 1.12 bits per heavy atom. The van der Waals surface area contributed by atoms with Crippen molar-refractivity contribution in [3.8, 4) is 17.1 Å². The van der Waals surface area contributed by atoms with Gasteiger partial charge < -0.3 is 14.3 Å². The van der Waals surface area contributed by atoms with E-state index in [0.29, 0.717) is 5.82 Å². The number of aromatic nitrogens is 6. The van der Waals surface area contributed by atoms with Gasteiger partial charge in [0.25, 0.3) is 0 Å². The molecule has 4 heterocycles. The van der Waals surface area contributed by atoms with E-state index in [2.05, 4.69) is 45.6 Å². The van der Waals surface area contributed by atoms with Gasteiger partial charge in [-0.15, -0.1) is 0 Å². The van der Waals surface area contributed by atoms with E-state index >= 15 is 0 Å². The number of hydrogen-bond donors (Lipinski definition) is 1. The number of pyridine rings is 1. The Bertz CT molecular complexity index is 1370. The molecule has 1 aromatic carbocycles. The van der Waals surface area contributed by atoms with Crippen LogP contribution in [0.15, 0.2) is 55.2 Å². The summed E-state index contributed by atoms with van der Waals surface area (Å²) in [6, 6.07) is 10.3. The van der Waals surface area contributed by atoms with Gasteiger partial charge in [-0.3, -0.25) is 4.98 Å². The van der Waals surface area contributed by atoms with Gasteiger partial charge in [-0.2, -0.15) is 0 Å². The number of benzene rings is 1. The second-order valence-corrected chi connectivity index (χ2v) is 8.23. The molecule has 32 heavy (non-hydrogen) atoms. The highest BCUT2D eigenvalue weighted by Crippen LogP contribution is 2.26. The Kier molecular flexibility index (Phi) is 5.31. The van der Waals surface area contributed by atoms with Gasteiger partial charge in [-0.05, 0) is 62.9 Å². The number of ether oxygens (including phenoxy) is 1. The zero-order valence-corrected chi connectivity index (χ0v) is 18.5. The number of nitrogens with one attached hydrogen (secondary N) is 1. The lowest BCUT2D eigenvalue weighted by molar-refractivity contribution is 0.415. The topological polar surface area (TPSA) is 81.5 Å². The molecule has 4 aromatic heterocycles. The van der Waals surface area contributed by atoms with Crippen LogP contribution < -0.4 is 4.74 Å². The fourth-order valence-electron chi connectivity index (χ4n) is 4.10. The van der Waals surface area contributed by atoms with E-state index in [1.807, 2.05) is 30.6 Å². The number of imidazole rings is 1. The molecule has 1 N–H and O–H groups in total. The van der Waals surface area contributed by atoms with E-state index in [9.17, 15) is 0 Å². The fourth-order valence-corrected chi connectivity index (χ4v) is 4.10. The molecule has 162 valence electrons. The SMILES string of the molecule is COc1ccc2c(CCCc3nc(-c4cccnc4)nc4c3ncn4C(C)C)c[nH]c2c1. The maximum absolute atomic E-state index is 5.33. The Morgan fingerprint density at radius 2 is 2.03 bits per heavy atom. The second kappa shape index (κ2) is 8.42. The Labute approximate surface area is 186 Å². The Balaban J connectivity index is 1.44. The molecule has 0 unspecified atom stereocenters. The van der Waals surface area contributed by atoms with Gasteiger partial charge in [0, 0.05) is 47.2 Å². The van der Waals surface area contributed by atoms with Crippen molar-refractivity contribution in [1.29, 1.82) is 0 Å². The Morgan fingerprint density at radius 3 is 2.81 bits per heavy atom. The third kappa shape index (κ3) is 3.70. The Hall–Kier alpha value is -3.74. The summed E-state index contributed by atoms with van der Waals surface area (Å²) in [4.78, 5) is 22.0. The van der Waals surface area contributed by atoms with Gasteiger partial charge in [0.2, 0.25) is 0 Å². The predicted octanol–water partition coefficient (Wildman–Crippen LogP) is 5.13. The largest absolute Gasteiger partial charge is 0.497 e. The van der Waals surface area contributed by atoms with Crippen molar-refractivity contribution < 1.29 is 4.74 Å². The van der Waals surface area contributed by atoms with Crippen molar-refractivity contribution in [2.24, 2.45) is 0 Å². The lowest BCUT2D eigenvalue weighted by atomic mass is 10.1. The van der Waals surface area contributed by atoms with E-state index in [-0.39, 0.29) is 6.04 Å². The quantitative estimate of drug-likeness (QED) is 0.390. The maximum Gasteiger partial charge on any atom is 0.164 e. The highest BCUT2D eigenvalue weighted by atomic mass is 16.5. The van der Waals surface area contributed by atoms with Crippen LogP contribution in [0.3, 0.4) is 0 Å². The molecule has 7 heteroatoms. The van der Waals surface area contributed by atoms with Crippen molar-refractivity contribution in [2.45, 2.75) is 39.2 Å². The smallest absolute Gasteiger partial charge is 0.164 e. The first kappa shape index (κ1) is 20.2. The zero-order chi connectivity index (χ0) is 22.1. The normalized spacial score (nSPS) is 11.6. The molecule has 0 saturated carbocycles. The van der Waals surface area contributed by atoms with Crippen molar-refractivity contribution in [3.63, 3.8) is 0 Å². The van der Waals surface area contributed by atoms with E-state index in [1.165, 1.54) is 10.9 Å². The molecule has 0 aliphatic rings. The first-order valence-corrected chi connectivity index (χ1v) is 10.9. The summed E-state index contributed by atoms with van der Waals surface area (Å²) >= 11 is 0. The zero-order valence-electron chi connectivity index (χ0n) is 18.5. The fraction of sp³-hybridized carbons (Fsp3) is 0.280. The van der Waals surface area contributed by atoms with E-state index in [0.717, 1.165) is 52.9 Å². The summed E-state index contributed by atoms with van der Waals surface area (Å²) < 4.78 is 7.43. The highest BCUT2D eigenvalue weighted by molar-refractivity contribution is 5.84. The van der Waals surface area contributed by atoms with Gasteiger partial charge in [0.15, 0.2) is 11.5 Å². The molecule has 0 aliphatic carbocycles. The van der Waals surface area contributed by atoms with Crippen LogP contribution >= 0.6 is 0 Å². The standard InChI is InChI=1S/C25H26N6O/c1-16(2)31-15-28-23-21(29-24(30-25(23)31)18-7-5-11-26-13-18)8-4-6-17-14-27-22-12-19(32-3)9-10-20(17)22/h5,7,9-16,27H,4,6,8H2,1-3H3. The molecule has 0 amide bonds. The summed E-state index contributed by atoms with van der Waals surface area (Å²) in [5, 5.41) is 1.23. The van der Waals surface area contributed by atoms with Gasteiger partial charge in [0.05, 0.1) is 19.1 Å². The minimum atomic E-state index is 0.271. The number of hydrogen-bond acceptors (Lipinski definition) is 5. The minimum absolute atomic E-state index is 0.271. The number of methoxy groups -OCH3 is 1.